The third kappa shape index (κ3) is 5.35. The standard InChI is InChI=1S/C26H31N3O2/c1-2-3-19-31-24-11-9-23(10-12-24)26(30)28-16-13-21(14-17-28)20-29-18-15-27-25(29)22-7-5-4-6-8-22/h4-12,15,18,21H,2-3,13-14,16-17,19-20H2,1H3. The van der Waals surface area contributed by atoms with E-state index in [9.17, 15) is 4.79 Å². The lowest BCUT2D eigenvalue weighted by molar-refractivity contribution is 0.0683. The van der Waals surface area contributed by atoms with Crippen LogP contribution in [0.4, 0.5) is 0 Å². The zero-order chi connectivity index (χ0) is 21.5. The first kappa shape index (κ1) is 21.2. The maximum Gasteiger partial charge on any atom is 0.253 e. The van der Waals surface area contributed by atoms with Crippen molar-refractivity contribution in [3.63, 3.8) is 0 Å². The number of likely N-dealkylation sites (tertiary alicyclic amines) is 1. The highest BCUT2D eigenvalue weighted by Crippen LogP contribution is 2.24. The molecule has 0 radical (unpaired) electrons. The van der Waals surface area contributed by atoms with Crippen LogP contribution in [-0.2, 0) is 6.54 Å². The summed E-state index contributed by atoms with van der Waals surface area (Å²) in [6.07, 6.45) is 8.11. The van der Waals surface area contributed by atoms with Crippen molar-refractivity contribution >= 4 is 5.91 Å². The lowest BCUT2D eigenvalue weighted by atomic mass is 9.96. The number of unbranched alkanes of at least 4 members (excludes halogenated alkanes) is 1. The van der Waals surface area contributed by atoms with Crippen molar-refractivity contribution in [1.82, 2.24) is 14.5 Å². The normalized spacial score (nSPS) is 14.5. The van der Waals surface area contributed by atoms with Gasteiger partial charge in [0, 0.05) is 43.2 Å². The predicted octanol–water partition coefficient (Wildman–Crippen LogP) is 5.28. The third-order valence-electron chi connectivity index (χ3n) is 5.97. The molecule has 2 aromatic carbocycles. The third-order valence-corrected chi connectivity index (χ3v) is 5.97. The van der Waals surface area contributed by atoms with Crippen LogP contribution < -0.4 is 4.74 Å². The zero-order valence-corrected chi connectivity index (χ0v) is 18.2. The minimum atomic E-state index is 0.117. The van der Waals surface area contributed by atoms with Gasteiger partial charge in [0.05, 0.1) is 6.61 Å². The second-order valence-corrected chi connectivity index (χ2v) is 8.23. The fourth-order valence-electron chi connectivity index (χ4n) is 4.11. The molecule has 0 aliphatic carbocycles. The fraction of sp³-hybridized carbons (Fsp3) is 0.385. The minimum Gasteiger partial charge on any atom is -0.494 e. The topological polar surface area (TPSA) is 47.4 Å². The summed E-state index contributed by atoms with van der Waals surface area (Å²) in [6, 6.07) is 17.9. The number of piperidine rings is 1. The number of hydrogen-bond acceptors (Lipinski definition) is 3. The molecule has 0 atom stereocenters. The largest absolute Gasteiger partial charge is 0.494 e. The average molecular weight is 418 g/mol. The molecule has 162 valence electrons. The predicted molar refractivity (Wildman–Crippen MR) is 123 cm³/mol. The van der Waals surface area contributed by atoms with E-state index in [1.807, 2.05) is 53.6 Å². The summed E-state index contributed by atoms with van der Waals surface area (Å²) in [5.74, 6) is 2.51. The molecule has 5 heteroatoms. The molecule has 5 nitrogen and oxygen atoms in total. The van der Waals surface area contributed by atoms with E-state index in [-0.39, 0.29) is 5.91 Å². The van der Waals surface area contributed by atoms with Gasteiger partial charge in [-0.1, -0.05) is 43.7 Å². The SMILES string of the molecule is CCCCOc1ccc(C(=O)N2CCC(Cn3ccnc3-c3ccccc3)CC2)cc1. The van der Waals surface area contributed by atoms with Gasteiger partial charge in [-0.05, 0) is 49.4 Å². The highest BCUT2D eigenvalue weighted by Gasteiger charge is 2.24. The fourth-order valence-corrected chi connectivity index (χ4v) is 4.11. The molecule has 3 aromatic rings. The van der Waals surface area contributed by atoms with Crippen molar-refractivity contribution < 1.29 is 9.53 Å². The van der Waals surface area contributed by atoms with E-state index in [1.54, 1.807) is 0 Å². The first-order valence-electron chi connectivity index (χ1n) is 11.3. The minimum absolute atomic E-state index is 0.117. The molecule has 0 N–H and O–H groups in total. The first-order valence-corrected chi connectivity index (χ1v) is 11.3. The lowest BCUT2D eigenvalue weighted by Crippen LogP contribution is -2.39. The van der Waals surface area contributed by atoms with Crippen molar-refractivity contribution in [3.05, 3.63) is 72.6 Å². The Morgan fingerprint density at radius 1 is 1.06 bits per heavy atom. The van der Waals surface area contributed by atoms with Gasteiger partial charge in [0.2, 0.25) is 0 Å². The van der Waals surface area contributed by atoms with Crippen molar-refractivity contribution in [3.8, 4) is 17.1 Å². The monoisotopic (exact) mass is 417 g/mol. The van der Waals surface area contributed by atoms with E-state index in [0.29, 0.717) is 5.92 Å². The van der Waals surface area contributed by atoms with Gasteiger partial charge in [-0.15, -0.1) is 0 Å². The van der Waals surface area contributed by atoms with Crippen LogP contribution in [0.2, 0.25) is 0 Å². The number of rotatable bonds is 8. The average Bonchev–Trinajstić information content (AvgIpc) is 3.28. The zero-order valence-electron chi connectivity index (χ0n) is 18.2. The van der Waals surface area contributed by atoms with Crippen molar-refractivity contribution in [2.24, 2.45) is 5.92 Å². The number of benzene rings is 2. The van der Waals surface area contributed by atoms with Crippen LogP contribution in [0, 0.1) is 5.92 Å². The highest BCUT2D eigenvalue weighted by atomic mass is 16.5. The Balaban J connectivity index is 1.30. The Bertz CT molecular complexity index is 958. The summed E-state index contributed by atoms with van der Waals surface area (Å²) in [5.41, 5.74) is 1.88. The molecule has 1 aliphatic heterocycles. The maximum atomic E-state index is 12.9. The van der Waals surface area contributed by atoms with Crippen molar-refractivity contribution in [1.29, 1.82) is 0 Å². The highest BCUT2D eigenvalue weighted by molar-refractivity contribution is 5.94. The smallest absolute Gasteiger partial charge is 0.253 e. The van der Waals surface area contributed by atoms with E-state index in [4.69, 9.17) is 4.74 Å². The van der Waals surface area contributed by atoms with Gasteiger partial charge < -0.3 is 14.2 Å². The van der Waals surface area contributed by atoms with Gasteiger partial charge in [0.1, 0.15) is 11.6 Å². The molecule has 1 saturated heterocycles. The molecular formula is C26H31N3O2. The Kier molecular flexibility index (Phi) is 7.03. The second kappa shape index (κ2) is 10.3. The van der Waals surface area contributed by atoms with E-state index in [1.165, 1.54) is 0 Å². The van der Waals surface area contributed by atoms with Gasteiger partial charge in [-0.3, -0.25) is 4.79 Å². The molecule has 4 rings (SSSR count). The molecule has 1 fully saturated rings. The molecule has 1 aliphatic rings. The summed E-state index contributed by atoms with van der Waals surface area (Å²) in [5, 5.41) is 0. The number of amides is 1. The summed E-state index contributed by atoms with van der Waals surface area (Å²) in [4.78, 5) is 19.4. The van der Waals surface area contributed by atoms with Crippen LogP contribution in [0.3, 0.4) is 0 Å². The van der Waals surface area contributed by atoms with E-state index >= 15 is 0 Å². The Morgan fingerprint density at radius 3 is 2.52 bits per heavy atom. The van der Waals surface area contributed by atoms with E-state index in [0.717, 1.165) is 74.6 Å². The Morgan fingerprint density at radius 2 is 1.81 bits per heavy atom. The number of carbonyl (C=O) groups excluding carboxylic acids is 1. The van der Waals surface area contributed by atoms with Gasteiger partial charge >= 0.3 is 0 Å². The molecule has 0 unspecified atom stereocenters. The first-order chi connectivity index (χ1) is 15.2. The number of carbonyl (C=O) groups is 1. The second-order valence-electron chi connectivity index (χ2n) is 8.23. The molecule has 0 bridgehead atoms. The maximum absolute atomic E-state index is 12.9. The van der Waals surface area contributed by atoms with E-state index in [2.05, 4.69) is 34.8 Å². The van der Waals surface area contributed by atoms with Crippen LogP contribution in [0.1, 0.15) is 43.0 Å². The molecular weight excluding hydrogens is 386 g/mol. The molecule has 2 heterocycles. The quantitative estimate of drug-likeness (QED) is 0.469. The molecule has 31 heavy (non-hydrogen) atoms. The van der Waals surface area contributed by atoms with Crippen LogP contribution in [0.5, 0.6) is 5.75 Å². The van der Waals surface area contributed by atoms with Crippen LogP contribution in [0.25, 0.3) is 11.4 Å². The number of hydrogen-bond donors (Lipinski definition) is 0. The molecule has 0 spiro atoms. The Labute approximate surface area is 184 Å². The van der Waals surface area contributed by atoms with Crippen molar-refractivity contribution in [2.45, 2.75) is 39.2 Å². The van der Waals surface area contributed by atoms with Crippen LogP contribution in [-0.4, -0.2) is 40.1 Å². The molecule has 1 amide bonds. The summed E-state index contributed by atoms with van der Waals surface area (Å²) >= 11 is 0. The molecule has 1 aromatic heterocycles. The number of aromatic nitrogens is 2. The van der Waals surface area contributed by atoms with E-state index < -0.39 is 0 Å². The number of imidazole rings is 1. The van der Waals surface area contributed by atoms with Gasteiger partial charge in [0.15, 0.2) is 0 Å². The van der Waals surface area contributed by atoms with Crippen LogP contribution in [0.15, 0.2) is 67.0 Å². The summed E-state index contributed by atoms with van der Waals surface area (Å²) < 4.78 is 7.94. The summed E-state index contributed by atoms with van der Waals surface area (Å²) in [6.45, 7) is 5.41. The van der Waals surface area contributed by atoms with Gasteiger partial charge in [0.25, 0.3) is 5.91 Å². The summed E-state index contributed by atoms with van der Waals surface area (Å²) in [7, 11) is 0. The van der Waals surface area contributed by atoms with Crippen LogP contribution >= 0.6 is 0 Å². The Hall–Kier alpha value is -3.08. The lowest BCUT2D eigenvalue weighted by Gasteiger charge is -2.32. The van der Waals surface area contributed by atoms with Gasteiger partial charge in [-0.25, -0.2) is 4.98 Å². The number of ether oxygens (including phenoxy) is 1. The molecule has 0 saturated carbocycles. The van der Waals surface area contributed by atoms with Gasteiger partial charge in [-0.2, -0.15) is 0 Å². The number of nitrogens with zero attached hydrogens (tertiary/aromatic N) is 3. The van der Waals surface area contributed by atoms with Crippen molar-refractivity contribution in [2.75, 3.05) is 19.7 Å².